The van der Waals surface area contributed by atoms with Crippen LogP contribution in [0.5, 0.6) is 0 Å². The molecule has 18 heavy (non-hydrogen) atoms. The van der Waals surface area contributed by atoms with Crippen molar-refractivity contribution in [3.63, 3.8) is 0 Å². The average Bonchev–Trinajstić information content (AvgIpc) is 2.22. The number of halogens is 1. The Bertz CT molecular complexity index is 582. The summed E-state index contributed by atoms with van der Waals surface area (Å²) in [4.78, 5) is 11.8. The molecule has 0 bridgehead atoms. The molecule has 1 aromatic carbocycles. The molecule has 7 heteroatoms. The van der Waals surface area contributed by atoms with Crippen molar-refractivity contribution in [1.82, 2.24) is 5.32 Å². The standard InChI is InChI=1S/C11H13ClN2O3S/c12-10-5-4-8(18(13,16)17)6-9(10)11(15)14-7-2-1-3-7/h4-7H,1-3H2,(H,14,15)(H2,13,16,17). The molecule has 0 aliphatic heterocycles. The highest BCUT2D eigenvalue weighted by molar-refractivity contribution is 7.89. The third-order valence-corrected chi connectivity index (χ3v) is 4.19. The van der Waals surface area contributed by atoms with Gasteiger partial charge >= 0.3 is 0 Å². The van der Waals surface area contributed by atoms with Gasteiger partial charge in [0.2, 0.25) is 10.0 Å². The van der Waals surface area contributed by atoms with E-state index >= 15 is 0 Å². The van der Waals surface area contributed by atoms with E-state index in [1.807, 2.05) is 0 Å². The second kappa shape index (κ2) is 4.87. The maximum absolute atomic E-state index is 11.9. The van der Waals surface area contributed by atoms with Gasteiger partial charge in [-0.3, -0.25) is 4.79 Å². The van der Waals surface area contributed by atoms with Crippen molar-refractivity contribution in [2.24, 2.45) is 5.14 Å². The van der Waals surface area contributed by atoms with E-state index in [1.165, 1.54) is 18.2 Å². The molecule has 98 valence electrons. The summed E-state index contributed by atoms with van der Waals surface area (Å²) in [6.45, 7) is 0. The van der Waals surface area contributed by atoms with Crippen molar-refractivity contribution in [3.05, 3.63) is 28.8 Å². The van der Waals surface area contributed by atoms with Gasteiger partial charge in [0.25, 0.3) is 5.91 Å². The number of carbonyl (C=O) groups is 1. The molecule has 1 saturated carbocycles. The lowest BCUT2D eigenvalue weighted by molar-refractivity contribution is 0.0917. The van der Waals surface area contributed by atoms with Gasteiger partial charge < -0.3 is 5.32 Å². The lowest BCUT2D eigenvalue weighted by atomic mass is 9.93. The van der Waals surface area contributed by atoms with Crippen LogP contribution in [-0.2, 0) is 10.0 Å². The van der Waals surface area contributed by atoms with Crippen LogP contribution in [0.25, 0.3) is 0 Å². The molecule has 0 saturated heterocycles. The Hall–Kier alpha value is -1.11. The number of nitrogens with one attached hydrogen (secondary N) is 1. The zero-order valence-corrected chi connectivity index (χ0v) is 11.1. The summed E-state index contributed by atoms with van der Waals surface area (Å²) >= 11 is 5.89. The zero-order valence-electron chi connectivity index (χ0n) is 9.52. The van der Waals surface area contributed by atoms with Gasteiger partial charge in [-0.05, 0) is 37.5 Å². The fourth-order valence-corrected chi connectivity index (χ4v) is 2.41. The predicted molar refractivity (Wildman–Crippen MR) is 67.9 cm³/mol. The first kappa shape index (κ1) is 13.3. The third kappa shape index (κ3) is 2.82. The maximum atomic E-state index is 11.9. The molecule has 0 heterocycles. The maximum Gasteiger partial charge on any atom is 0.253 e. The fraction of sp³-hybridized carbons (Fsp3) is 0.364. The summed E-state index contributed by atoms with van der Waals surface area (Å²) in [7, 11) is -3.83. The average molecular weight is 289 g/mol. The molecule has 1 aliphatic carbocycles. The van der Waals surface area contributed by atoms with Crippen LogP contribution in [0.1, 0.15) is 29.6 Å². The second-order valence-electron chi connectivity index (χ2n) is 4.29. The Morgan fingerprint density at radius 3 is 2.56 bits per heavy atom. The second-order valence-corrected chi connectivity index (χ2v) is 6.26. The Morgan fingerprint density at radius 2 is 2.06 bits per heavy atom. The third-order valence-electron chi connectivity index (χ3n) is 2.95. The molecule has 1 aromatic rings. The largest absolute Gasteiger partial charge is 0.349 e. The van der Waals surface area contributed by atoms with E-state index in [9.17, 15) is 13.2 Å². The van der Waals surface area contributed by atoms with Crippen molar-refractivity contribution < 1.29 is 13.2 Å². The molecule has 0 radical (unpaired) electrons. The van der Waals surface area contributed by atoms with Crippen LogP contribution in [0.4, 0.5) is 0 Å². The summed E-state index contributed by atoms with van der Waals surface area (Å²) < 4.78 is 22.4. The minimum atomic E-state index is -3.83. The number of nitrogens with two attached hydrogens (primary N) is 1. The number of sulfonamides is 1. The molecular weight excluding hydrogens is 276 g/mol. The molecule has 1 amide bonds. The van der Waals surface area contributed by atoms with E-state index in [-0.39, 0.29) is 27.4 Å². The van der Waals surface area contributed by atoms with Crippen molar-refractivity contribution in [1.29, 1.82) is 0 Å². The van der Waals surface area contributed by atoms with E-state index in [0.29, 0.717) is 0 Å². The highest BCUT2D eigenvalue weighted by atomic mass is 35.5. The van der Waals surface area contributed by atoms with Crippen LogP contribution in [0.15, 0.2) is 23.1 Å². The summed E-state index contributed by atoms with van der Waals surface area (Å²) in [5, 5.41) is 8.01. The molecular formula is C11H13ClN2O3S. The van der Waals surface area contributed by atoms with Gasteiger partial charge in [-0.2, -0.15) is 0 Å². The fourth-order valence-electron chi connectivity index (χ4n) is 1.67. The van der Waals surface area contributed by atoms with Crippen LogP contribution in [0.3, 0.4) is 0 Å². The lowest BCUT2D eigenvalue weighted by Crippen LogP contribution is -2.39. The normalized spacial score (nSPS) is 16.1. The Balaban J connectivity index is 2.28. The highest BCUT2D eigenvalue weighted by Gasteiger charge is 2.22. The number of benzene rings is 1. The van der Waals surface area contributed by atoms with Crippen LogP contribution in [0.2, 0.25) is 5.02 Å². The number of hydrogen-bond donors (Lipinski definition) is 2. The number of carbonyl (C=O) groups excluding carboxylic acids is 1. The zero-order chi connectivity index (χ0) is 13.3. The molecule has 1 aliphatic rings. The van der Waals surface area contributed by atoms with E-state index < -0.39 is 10.0 Å². The Morgan fingerprint density at radius 1 is 1.39 bits per heavy atom. The Kier molecular flexibility index (Phi) is 3.61. The van der Waals surface area contributed by atoms with Crippen molar-refractivity contribution in [3.8, 4) is 0 Å². The van der Waals surface area contributed by atoms with Gasteiger partial charge in [0.15, 0.2) is 0 Å². The summed E-state index contributed by atoms with van der Waals surface area (Å²) in [6.07, 6.45) is 2.98. The van der Waals surface area contributed by atoms with Crippen molar-refractivity contribution >= 4 is 27.5 Å². The van der Waals surface area contributed by atoms with Gasteiger partial charge in [-0.25, -0.2) is 13.6 Å². The molecule has 0 aromatic heterocycles. The van der Waals surface area contributed by atoms with Gasteiger partial charge in [0.05, 0.1) is 15.5 Å². The number of primary sulfonamides is 1. The van der Waals surface area contributed by atoms with Crippen LogP contribution < -0.4 is 10.5 Å². The summed E-state index contributed by atoms with van der Waals surface area (Å²) in [5.74, 6) is -0.366. The first-order valence-electron chi connectivity index (χ1n) is 5.51. The van der Waals surface area contributed by atoms with Crippen LogP contribution >= 0.6 is 11.6 Å². The van der Waals surface area contributed by atoms with E-state index in [0.717, 1.165) is 19.3 Å². The molecule has 1 fully saturated rings. The highest BCUT2D eigenvalue weighted by Crippen LogP contribution is 2.22. The van der Waals surface area contributed by atoms with Gasteiger partial charge in [0, 0.05) is 6.04 Å². The SMILES string of the molecule is NS(=O)(=O)c1ccc(Cl)c(C(=O)NC2CCC2)c1. The monoisotopic (exact) mass is 288 g/mol. The minimum Gasteiger partial charge on any atom is -0.349 e. The minimum absolute atomic E-state index is 0.120. The van der Waals surface area contributed by atoms with Gasteiger partial charge in [0.1, 0.15) is 0 Å². The molecule has 0 unspecified atom stereocenters. The molecule has 3 N–H and O–H groups in total. The summed E-state index contributed by atoms with van der Waals surface area (Å²) in [6, 6.07) is 3.99. The first-order valence-corrected chi connectivity index (χ1v) is 7.43. The van der Waals surface area contributed by atoms with Gasteiger partial charge in [-0.1, -0.05) is 11.6 Å². The number of amides is 1. The Labute approximate surface area is 110 Å². The molecule has 0 spiro atoms. The van der Waals surface area contributed by atoms with E-state index in [4.69, 9.17) is 16.7 Å². The quantitative estimate of drug-likeness (QED) is 0.878. The van der Waals surface area contributed by atoms with Crippen LogP contribution in [-0.4, -0.2) is 20.4 Å². The topological polar surface area (TPSA) is 89.3 Å². The molecule has 2 rings (SSSR count). The predicted octanol–water partition coefficient (Wildman–Crippen LogP) is 1.27. The first-order chi connectivity index (χ1) is 8.38. The number of rotatable bonds is 3. The van der Waals surface area contributed by atoms with Crippen molar-refractivity contribution in [2.75, 3.05) is 0 Å². The molecule has 0 atom stereocenters. The number of hydrogen-bond acceptors (Lipinski definition) is 3. The smallest absolute Gasteiger partial charge is 0.253 e. The van der Waals surface area contributed by atoms with Crippen LogP contribution in [0, 0.1) is 0 Å². The molecule has 5 nitrogen and oxygen atoms in total. The van der Waals surface area contributed by atoms with Crippen molar-refractivity contribution in [2.45, 2.75) is 30.2 Å². The van der Waals surface area contributed by atoms with Gasteiger partial charge in [-0.15, -0.1) is 0 Å². The summed E-state index contributed by atoms with van der Waals surface area (Å²) in [5.41, 5.74) is 0.134. The van der Waals surface area contributed by atoms with E-state index in [2.05, 4.69) is 5.32 Å². The lowest BCUT2D eigenvalue weighted by Gasteiger charge is -2.26. The van der Waals surface area contributed by atoms with E-state index in [1.54, 1.807) is 0 Å².